The van der Waals surface area contributed by atoms with Crippen molar-refractivity contribution in [2.75, 3.05) is 45.9 Å². The molecule has 1 fully saturated rings. The second-order valence-electron chi connectivity index (χ2n) is 11.3. The highest BCUT2D eigenvalue weighted by Crippen LogP contribution is 2.26. The molecule has 0 radical (unpaired) electrons. The number of carbonyl (C=O) groups excluding carboxylic acids is 2. The normalized spacial score (nSPS) is 15.4. The van der Waals surface area contributed by atoms with E-state index in [9.17, 15) is 14.0 Å². The zero-order valence-corrected chi connectivity index (χ0v) is 23.6. The van der Waals surface area contributed by atoms with Crippen molar-refractivity contribution in [1.29, 1.82) is 0 Å². The van der Waals surface area contributed by atoms with Crippen LogP contribution in [0.4, 0.5) is 4.39 Å². The van der Waals surface area contributed by atoms with Gasteiger partial charge in [0.05, 0.1) is 26.3 Å². The molecule has 0 unspecified atom stereocenters. The Balaban J connectivity index is 1.72. The first-order valence-corrected chi connectivity index (χ1v) is 14.1. The molecule has 1 atom stereocenters. The van der Waals surface area contributed by atoms with Crippen molar-refractivity contribution in [3.63, 3.8) is 0 Å². The minimum atomic E-state index is -0.302. The maximum absolute atomic E-state index is 13.7. The Labute approximate surface area is 225 Å². The molecule has 2 heterocycles. The van der Waals surface area contributed by atoms with Crippen molar-refractivity contribution in [3.8, 4) is 0 Å². The lowest BCUT2D eigenvalue weighted by Crippen LogP contribution is -2.47. The van der Waals surface area contributed by atoms with E-state index in [4.69, 9.17) is 4.74 Å². The van der Waals surface area contributed by atoms with Crippen LogP contribution in [0.5, 0.6) is 0 Å². The average Bonchev–Trinajstić information content (AvgIpc) is 3.35. The zero-order chi connectivity index (χ0) is 26.8. The molecular weight excluding hydrogens is 489 g/mol. The Kier molecular flexibility index (Phi) is 11.1. The molecule has 2 aromatic rings. The monoisotopic (exact) mass is 531 g/mol. The second kappa shape index (κ2) is 14.0. The summed E-state index contributed by atoms with van der Waals surface area (Å²) in [6.45, 7) is 13.8. The fraction of sp³-hybridized carbons (Fsp3) is 0.586. The summed E-state index contributed by atoms with van der Waals surface area (Å²) in [5.41, 5.74) is 0.997. The number of nitrogens with zero attached hydrogens (tertiary/aromatic N) is 3. The maximum atomic E-state index is 13.7. The number of benzene rings is 1. The molecule has 0 bridgehead atoms. The quantitative estimate of drug-likeness (QED) is 0.385. The zero-order valence-electron chi connectivity index (χ0n) is 22.7. The van der Waals surface area contributed by atoms with Crippen LogP contribution in [0.15, 0.2) is 41.8 Å². The van der Waals surface area contributed by atoms with Crippen LogP contribution in [0.1, 0.15) is 51.0 Å². The average molecular weight is 532 g/mol. The van der Waals surface area contributed by atoms with E-state index >= 15 is 0 Å². The molecule has 1 aromatic heterocycles. The van der Waals surface area contributed by atoms with E-state index in [0.717, 1.165) is 36.5 Å². The van der Waals surface area contributed by atoms with E-state index in [1.807, 2.05) is 17.5 Å². The van der Waals surface area contributed by atoms with Gasteiger partial charge in [-0.2, -0.15) is 0 Å². The fourth-order valence-electron chi connectivity index (χ4n) is 4.82. The first-order chi connectivity index (χ1) is 17.6. The summed E-state index contributed by atoms with van der Waals surface area (Å²) in [5.74, 6) is -0.146. The molecule has 8 heteroatoms. The molecular formula is C29H42FN3O3S. The van der Waals surface area contributed by atoms with E-state index in [2.05, 4.69) is 32.6 Å². The van der Waals surface area contributed by atoms with Gasteiger partial charge >= 0.3 is 0 Å². The van der Waals surface area contributed by atoms with Gasteiger partial charge in [0.1, 0.15) is 5.82 Å². The number of hydrogen-bond donors (Lipinski definition) is 0. The molecule has 0 aliphatic carbocycles. The van der Waals surface area contributed by atoms with Gasteiger partial charge in [-0.1, -0.05) is 45.9 Å². The van der Waals surface area contributed by atoms with Gasteiger partial charge in [-0.05, 0) is 46.9 Å². The molecule has 0 saturated carbocycles. The minimum Gasteiger partial charge on any atom is -0.379 e. The molecule has 6 nitrogen and oxygen atoms in total. The Hall–Kier alpha value is -2.29. The summed E-state index contributed by atoms with van der Waals surface area (Å²) < 4.78 is 18.9. The molecule has 1 aliphatic heterocycles. The molecule has 1 aromatic carbocycles. The van der Waals surface area contributed by atoms with Crippen molar-refractivity contribution < 1.29 is 18.7 Å². The first-order valence-electron chi connectivity index (χ1n) is 13.2. The predicted octanol–water partition coefficient (Wildman–Crippen LogP) is 5.04. The summed E-state index contributed by atoms with van der Waals surface area (Å²) in [4.78, 5) is 34.0. The van der Waals surface area contributed by atoms with Crippen LogP contribution in [0.25, 0.3) is 0 Å². The lowest BCUT2D eigenvalue weighted by Gasteiger charge is -2.32. The summed E-state index contributed by atoms with van der Waals surface area (Å²) in [6, 6.07) is 10.2. The van der Waals surface area contributed by atoms with E-state index in [0.29, 0.717) is 39.3 Å². The molecule has 1 saturated heterocycles. The second-order valence-corrected chi connectivity index (χ2v) is 12.3. The highest BCUT2D eigenvalue weighted by molar-refractivity contribution is 7.09. The lowest BCUT2D eigenvalue weighted by atomic mass is 9.84. The van der Waals surface area contributed by atoms with Crippen LogP contribution >= 0.6 is 11.3 Å². The van der Waals surface area contributed by atoms with Crippen LogP contribution in [0.3, 0.4) is 0 Å². The van der Waals surface area contributed by atoms with Gasteiger partial charge in [0.15, 0.2) is 0 Å². The van der Waals surface area contributed by atoms with Gasteiger partial charge in [-0.25, -0.2) is 4.39 Å². The Morgan fingerprint density at radius 1 is 1.05 bits per heavy atom. The molecule has 2 amide bonds. The Bertz CT molecular complexity index is 969. The van der Waals surface area contributed by atoms with Crippen molar-refractivity contribution in [1.82, 2.24) is 14.7 Å². The Morgan fingerprint density at radius 3 is 2.38 bits per heavy atom. The highest BCUT2D eigenvalue weighted by atomic mass is 32.1. The number of morpholine rings is 1. The van der Waals surface area contributed by atoms with E-state index in [1.54, 1.807) is 33.3 Å². The van der Waals surface area contributed by atoms with Crippen LogP contribution in [-0.4, -0.2) is 72.5 Å². The van der Waals surface area contributed by atoms with Crippen molar-refractivity contribution in [3.05, 3.63) is 58.0 Å². The topological polar surface area (TPSA) is 53.1 Å². The molecule has 204 valence electrons. The lowest BCUT2D eigenvalue weighted by molar-refractivity contribution is -0.142. The minimum absolute atomic E-state index is 0.0243. The third kappa shape index (κ3) is 10.5. The van der Waals surface area contributed by atoms with Gasteiger partial charge < -0.3 is 14.5 Å². The number of rotatable bonds is 12. The van der Waals surface area contributed by atoms with Crippen molar-refractivity contribution in [2.24, 2.45) is 11.3 Å². The largest absolute Gasteiger partial charge is 0.379 e. The van der Waals surface area contributed by atoms with E-state index < -0.39 is 0 Å². The van der Waals surface area contributed by atoms with Gasteiger partial charge in [-0.15, -0.1) is 11.3 Å². The van der Waals surface area contributed by atoms with Gasteiger partial charge in [-0.3, -0.25) is 14.5 Å². The van der Waals surface area contributed by atoms with Gasteiger partial charge in [0, 0.05) is 44.0 Å². The fourth-order valence-corrected chi connectivity index (χ4v) is 5.54. The SMILES string of the molecule is C[C@H](CC(=O)N(CCN1CCOCC1)CC(=O)N(Cc1ccc(F)cc1)Cc1cccs1)CC(C)(C)C. The van der Waals surface area contributed by atoms with Crippen molar-refractivity contribution in [2.45, 2.75) is 53.6 Å². The maximum Gasteiger partial charge on any atom is 0.242 e. The van der Waals surface area contributed by atoms with E-state index in [1.165, 1.54) is 12.1 Å². The van der Waals surface area contributed by atoms with Gasteiger partial charge in [0.2, 0.25) is 11.8 Å². The van der Waals surface area contributed by atoms with Crippen LogP contribution < -0.4 is 0 Å². The standard InChI is InChI=1S/C29H42FN3O3S/c1-23(19-29(2,3)4)18-27(34)32(12-11-31-13-15-36-16-14-31)22-28(35)33(21-26-6-5-17-37-26)20-24-7-9-25(30)10-8-24/h5-10,17,23H,11-16,18-22H2,1-4H3/t23-/m1/s1. The number of ether oxygens (including phenoxy) is 1. The molecule has 3 rings (SSSR count). The van der Waals surface area contributed by atoms with Crippen LogP contribution in [-0.2, 0) is 27.4 Å². The Morgan fingerprint density at radius 2 is 1.76 bits per heavy atom. The van der Waals surface area contributed by atoms with Crippen molar-refractivity contribution >= 4 is 23.2 Å². The third-order valence-electron chi connectivity index (χ3n) is 6.52. The summed E-state index contributed by atoms with van der Waals surface area (Å²) in [6.07, 6.45) is 1.37. The van der Waals surface area contributed by atoms with Gasteiger partial charge in [0.25, 0.3) is 0 Å². The summed E-state index contributed by atoms with van der Waals surface area (Å²) in [7, 11) is 0. The third-order valence-corrected chi connectivity index (χ3v) is 7.38. The van der Waals surface area contributed by atoms with Crippen LogP contribution in [0.2, 0.25) is 0 Å². The van der Waals surface area contributed by atoms with E-state index in [-0.39, 0.29) is 35.5 Å². The summed E-state index contributed by atoms with van der Waals surface area (Å²) >= 11 is 1.60. The highest BCUT2D eigenvalue weighted by Gasteiger charge is 2.25. The van der Waals surface area contributed by atoms with Crippen LogP contribution in [0, 0.1) is 17.2 Å². The number of carbonyl (C=O) groups is 2. The number of hydrogen-bond acceptors (Lipinski definition) is 5. The molecule has 0 spiro atoms. The summed E-state index contributed by atoms with van der Waals surface area (Å²) in [5, 5.41) is 1.99. The molecule has 0 N–H and O–H groups in total. The molecule has 1 aliphatic rings. The molecule has 37 heavy (non-hydrogen) atoms. The number of amides is 2. The number of thiophene rings is 1. The first kappa shape index (κ1) is 29.3. The number of halogens is 1. The predicted molar refractivity (Wildman–Crippen MR) is 147 cm³/mol. The smallest absolute Gasteiger partial charge is 0.242 e.